The van der Waals surface area contributed by atoms with E-state index in [2.05, 4.69) is 27.1 Å². The molecule has 0 aliphatic carbocycles. The van der Waals surface area contributed by atoms with Crippen molar-refractivity contribution in [3.63, 3.8) is 0 Å². The summed E-state index contributed by atoms with van der Waals surface area (Å²) in [6, 6.07) is 17.7. The molecule has 1 atom stereocenters. The lowest BCUT2D eigenvalue weighted by Crippen LogP contribution is -2.45. The second-order valence-corrected chi connectivity index (χ2v) is 9.08. The molecule has 1 unspecified atom stereocenters. The van der Waals surface area contributed by atoms with Gasteiger partial charge in [-0.2, -0.15) is 0 Å². The predicted molar refractivity (Wildman–Crippen MR) is 127 cm³/mol. The number of nitrogens with one attached hydrogen (secondary N) is 1. The number of halogens is 1. The monoisotopic (exact) mass is 450 g/mol. The third kappa shape index (κ3) is 5.47. The molecular formula is C25H27FN4OS. The number of hydrogen-bond acceptors (Lipinski definition) is 5. The van der Waals surface area contributed by atoms with Crippen LogP contribution in [0.2, 0.25) is 0 Å². The molecule has 0 spiro atoms. The fourth-order valence-electron chi connectivity index (χ4n) is 3.77. The van der Waals surface area contributed by atoms with Crippen LogP contribution in [0.1, 0.15) is 28.9 Å². The molecule has 1 aromatic heterocycles. The van der Waals surface area contributed by atoms with Crippen LogP contribution in [0.15, 0.2) is 76.8 Å². The number of anilines is 1. The maximum absolute atomic E-state index is 14.1. The Morgan fingerprint density at radius 1 is 1.06 bits per heavy atom. The van der Waals surface area contributed by atoms with Crippen molar-refractivity contribution < 1.29 is 9.18 Å². The number of nitrogens with zero attached hydrogens (tertiary/aromatic N) is 3. The number of piperazine rings is 1. The quantitative estimate of drug-likeness (QED) is 0.594. The van der Waals surface area contributed by atoms with Gasteiger partial charge in [-0.1, -0.05) is 17.8 Å². The van der Waals surface area contributed by atoms with E-state index >= 15 is 0 Å². The van der Waals surface area contributed by atoms with Crippen molar-refractivity contribution in [3.8, 4) is 0 Å². The van der Waals surface area contributed by atoms with E-state index in [0.29, 0.717) is 5.56 Å². The molecular weight excluding hydrogens is 423 g/mol. The molecule has 166 valence electrons. The Labute approximate surface area is 192 Å². The lowest BCUT2D eigenvalue weighted by molar-refractivity contribution is 0.0940. The summed E-state index contributed by atoms with van der Waals surface area (Å²) in [5.41, 5.74) is 2.35. The molecule has 1 amide bonds. The summed E-state index contributed by atoms with van der Waals surface area (Å²) >= 11 is 1.54. The summed E-state index contributed by atoms with van der Waals surface area (Å²) in [7, 11) is 2.10. The van der Waals surface area contributed by atoms with E-state index in [1.54, 1.807) is 30.1 Å². The van der Waals surface area contributed by atoms with Gasteiger partial charge in [0.15, 0.2) is 0 Å². The van der Waals surface area contributed by atoms with Crippen molar-refractivity contribution in [1.82, 2.24) is 15.2 Å². The average Bonchev–Trinajstić information content (AvgIpc) is 2.81. The summed E-state index contributed by atoms with van der Waals surface area (Å²) in [5.74, 6) is -0.477. The second kappa shape index (κ2) is 10.1. The van der Waals surface area contributed by atoms with Crippen LogP contribution < -0.4 is 10.2 Å². The summed E-state index contributed by atoms with van der Waals surface area (Å²) in [6.07, 6.45) is 1.76. The number of amides is 1. The van der Waals surface area contributed by atoms with Crippen molar-refractivity contribution in [1.29, 1.82) is 0 Å². The highest BCUT2D eigenvalue weighted by atomic mass is 32.2. The highest BCUT2D eigenvalue weighted by molar-refractivity contribution is 7.99. The number of carbonyl (C=O) groups excluding carboxylic acids is 1. The highest BCUT2D eigenvalue weighted by Crippen LogP contribution is 2.29. The molecule has 1 saturated heterocycles. The zero-order chi connectivity index (χ0) is 22.5. The topological polar surface area (TPSA) is 48.5 Å². The van der Waals surface area contributed by atoms with Crippen molar-refractivity contribution in [2.45, 2.75) is 22.9 Å². The second-order valence-electron chi connectivity index (χ2n) is 7.98. The lowest BCUT2D eigenvalue weighted by atomic mass is 10.0. The Morgan fingerprint density at radius 3 is 2.50 bits per heavy atom. The zero-order valence-corrected chi connectivity index (χ0v) is 19.1. The molecule has 1 fully saturated rings. The SMILES string of the molecule is CC(NC(=O)c1ccc(Sc2ccccn2)cc1)c1cc(F)ccc1N1CCN(C)CC1. The molecule has 0 bridgehead atoms. The van der Waals surface area contributed by atoms with Gasteiger partial charge in [0.25, 0.3) is 5.91 Å². The number of pyridine rings is 1. The van der Waals surface area contributed by atoms with Crippen LogP contribution in [0.5, 0.6) is 0 Å². The summed E-state index contributed by atoms with van der Waals surface area (Å²) in [6.45, 7) is 5.58. The van der Waals surface area contributed by atoms with Gasteiger partial charge < -0.3 is 15.1 Å². The Bertz CT molecular complexity index is 1050. The Balaban J connectivity index is 1.45. The maximum atomic E-state index is 14.1. The van der Waals surface area contributed by atoms with Gasteiger partial charge in [0.05, 0.1) is 6.04 Å². The first-order valence-electron chi connectivity index (χ1n) is 10.7. The minimum atomic E-state index is -0.324. The van der Waals surface area contributed by atoms with Crippen molar-refractivity contribution in [2.24, 2.45) is 0 Å². The first kappa shape index (κ1) is 22.3. The minimum Gasteiger partial charge on any atom is -0.369 e. The number of carbonyl (C=O) groups is 1. The fourth-order valence-corrected chi connectivity index (χ4v) is 4.54. The number of hydrogen-bond donors (Lipinski definition) is 1. The predicted octanol–water partition coefficient (Wildman–Crippen LogP) is 4.61. The number of rotatable bonds is 6. The fraction of sp³-hybridized carbons (Fsp3) is 0.280. The van der Waals surface area contributed by atoms with Crippen molar-refractivity contribution in [2.75, 3.05) is 38.1 Å². The number of aromatic nitrogens is 1. The van der Waals surface area contributed by atoms with Crippen LogP contribution in [-0.4, -0.2) is 49.0 Å². The van der Waals surface area contributed by atoms with Gasteiger partial charge in [0.2, 0.25) is 0 Å². The van der Waals surface area contributed by atoms with Gasteiger partial charge in [-0.25, -0.2) is 9.37 Å². The van der Waals surface area contributed by atoms with E-state index in [1.165, 1.54) is 12.1 Å². The van der Waals surface area contributed by atoms with Gasteiger partial charge >= 0.3 is 0 Å². The van der Waals surface area contributed by atoms with Gasteiger partial charge in [0.1, 0.15) is 10.8 Å². The van der Waals surface area contributed by atoms with Crippen LogP contribution in [0.3, 0.4) is 0 Å². The van der Waals surface area contributed by atoms with E-state index in [-0.39, 0.29) is 17.8 Å². The van der Waals surface area contributed by atoms with E-state index in [0.717, 1.165) is 47.4 Å². The van der Waals surface area contributed by atoms with Crippen molar-refractivity contribution >= 4 is 23.4 Å². The van der Waals surface area contributed by atoms with E-state index < -0.39 is 0 Å². The molecule has 1 N–H and O–H groups in total. The van der Waals surface area contributed by atoms with E-state index in [1.807, 2.05) is 43.3 Å². The van der Waals surface area contributed by atoms with E-state index in [9.17, 15) is 9.18 Å². The Kier molecular flexibility index (Phi) is 7.07. The number of benzene rings is 2. The van der Waals surface area contributed by atoms with Crippen LogP contribution in [0, 0.1) is 5.82 Å². The molecule has 2 heterocycles. The van der Waals surface area contributed by atoms with Crippen LogP contribution in [0.4, 0.5) is 10.1 Å². The van der Waals surface area contributed by atoms with E-state index in [4.69, 9.17) is 0 Å². The standard InChI is InChI=1S/C25H27FN4OS/c1-18(22-17-20(26)8-11-23(22)30-15-13-29(2)14-16-30)28-25(31)19-6-9-21(10-7-19)32-24-5-3-4-12-27-24/h3-12,17-18H,13-16H2,1-2H3,(H,28,31). The van der Waals surface area contributed by atoms with Gasteiger partial charge in [-0.15, -0.1) is 0 Å². The third-order valence-corrected chi connectivity index (χ3v) is 6.58. The molecule has 0 radical (unpaired) electrons. The van der Waals surface area contributed by atoms with Gasteiger partial charge in [-0.3, -0.25) is 4.79 Å². The highest BCUT2D eigenvalue weighted by Gasteiger charge is 2.21. The molecule has 1 aliphatic rings. The molecule has 1 aliphatic heterocycles. The molecule has 0 saturated carbocycles. The Morgan fingerprint density at radius 2 is 1.81 bits per heavy atom. The smallest absolute Gasteiger partial charge is 0.251 e. The normalized spacial score (nSPS) is 15.4. The molecule has 2 aromatic carbocycles. The molecule has 7 heteroatoms. The number of likely N-dealkylation sites (N-methyl/N-ethyl adjacent to an activating group) is 1. The molecule has 4 rings (SSSR count). The average molecular weight is 451 g/mol. The summed E-state index contributed by atoms with van der Waals surface area (Å²) in [4.78, 5) is 22.7. The Hall–Kier alpha value is -2.90. The van der Waals surface area contributed by atoms with Crippen LogP contribution in [-0.2, 0) is 0 Å². The lowest BCUT2D eigenvalue weighted by Gasteiger charge is -2.36. The molecule has 3 aromatic rings. The summed E-state index contributed by atoms with van der Waals surface area (Å²) in [5, 5.41) is 3.94. The first-order chi connectivity index (χ1) is 15.5. The van der Waals surface area contributed by atoms with Gasteiger partial charge in [-0.05, 0) is 68.6 Å². The minimum absolute atomic E-state index is 0.180. The molecule has 32 heavy (non-hydrogen) atoms. The van der Waals surface area contributed by atoms with Crippen LogP contribution in [0.25, 0.3) is 0 Å². The maximum Gasteiger partial charge on any atom is 0.251 e. The van der Waals surface area contributed by atoms with Crippen molar-refractivity contribution in [3.05, 3.63) is 83.8 Å². The van der Waals surface area contributed by atoms with Gasteiger partial charge in [0, 0.05) is 54.1 Å². The zero-order valence-electron chi connectivity index (χ0n) is 18.3. The first-order valence-corrected chi connectivity index (χ1v) is 11.5. The largest absolute Gasteiger partial charge is 0.369 e. The summed E-state index contributed by atoms with van der Waals surface area (Å²) < 4.78 is 14.1. The molecule has 5 nitrogen and oxygen atoms in total. The van der Waals surface area contributed by atoms with Crippen LogP contribution >= 0.6 is 11.8 Å². The third-order valence-electron chi connectivity index (χ3n) is 5.62.